The summed E-state index contributed by atoms with van der Waals surface area (Å²) in [6, 6.07) is 13.8. The SMILES string of the molecule is Cc1ccc(N=c2scc(-c3ccc(Cl)cc3)n2CCCn2ccnc2)cc1Cl. The summed E-state index contributed by atoms with van der Waals surface area (Å²) >= 11 is 14.0. The lowest BCUT2D eigenvalue weighted by molar-refractivity contribution is 0.559. The number of thiazole rings is 1. The van der Waals surface area contributed by atoms with Crippen molar-refractivity contribution in [3.63, 3.8) is 0 Å². The Balaban J connectivity index is 1.70. The van der Waals surface area contributed by atoms with E-state index in [1.807, 2.05) is 61.9 Å². The summed E-state index contributed by atoms with van der Waals surface area (Å²) in [5, 5.41) is 3.61. The fraction of sp³-hybridized carbons (Fsp3) is 0.182. The number of hydrogen-bond donors (Lipinski definition) is 0. The number of hydrogen-bond acceptors (Lipinski definition) is 3. The Labute approximate surface area is 183 Å². The van der Waals surface area contributed by atoms with Crippen molar-refractivity contribution >= 4 is 40.2 Å². The number of aryl methyl sites for hydroxylation is 2. The average Bonchev–Trinajstić information content (AvgIpc) is 3.36. The molecule has 4 aromatic rings. The number of nitrogens with zero attached hydrogens (tertiary/aromatic N) is 4. The van der Waals surface area contributed by atoms with Crippen LogP contribution >= 0.6 is 34.5 Å². The molecule has 0 aliphatic heterocycles. The van der Waals surface area contributed by atoms with E-state index >= 15 is 0 Å². The average molecular weight is 443 g/mol. The third-order valence-corrected chi connectivity index (χ3v) is 6.20. The van der Waals surface area contributed by atoms with Crippen LogP contribution in [-0.4, -0.2) is 14.1 Å². The van der Waals surface area contributed by atoms with Crippen LogP contribution in [0.5, 0.6) is 0 Å². The van der Waals surface area contributed by atoms with Crippen LogP contribution in [0.2, 0.25) is 10.0 Å². The summed E-state index contributed by atoms with van der Waals surface area (Å²) < 4.78 is 4.35. The Morgan fingerprint density at radius 1 is 1.07 bits per heavy atom. The van der Waals surface area contributed by atoms with Gasteiger partial charge >= 0.3 is 0 Å². The summed E-state index contributed by atoms with van der Waals surface area (Å²) in [7, 11) is 0. The van der Waals surface area contributed by atoms with E-state index in [0.717, 1.165) is 56.9 Å². The van der Waals surface area contributed by atoms with Gasteiger partial charge in [0.25, 0.3) is 0 Å². The summed E-state index contributed by atoms with van der Waals surface area (Å²) in [4.78, 5) is 9.93. The number of benzene rings is 2. The second-order valence-corrected chi connectivity index (χ2v) is 8.44. The Hall–Kier alpha value is -2.34. The first kappa shape index (κ1) is 20.0. The first-order valence-corrected chi connectivity index (χ1v) is 10.9. The molecule has 0 saturated carbocycles. The van der Waals surface area contributed by atoms with E-state index in [1.54, 1.807) is 17.5 Å². The zero-order chi connectivity index (χ0) is 20.2. The summed E-state index contributed by atoms with van der Waals surface area (Å²) in [5.74, 6) is 0. The molecule has 0 bridgehead atoms. The topological polar surface area (TPSA) is 35.1 Å². The second-order valence-electron chi connectivity index (χ2n) is 6.76. The third kappa shape index (κ3) is 4.81. The van der Waals surface area contributed by atoms with Gasteiger partial charge < -0.3 is 9.13 Å². The van der Waals surface area contributed by atoms with E-state index in [-0.39, 0.29) is 0 Å². The van der Waals surface area contributed by atoms with Crippen molar-refractivity contribution in [2.24, 2.45) is 4.99 Å². The van der Waals surface area contributed by atoms with Gasteiger partial charge in [0.1, 0.15) is 0 Å². The van der Waals surface area contributed by atoms with Crippen molar-refractivity contribution in [1.82, 2.24) is 14.1 Å². The minimum atomic E-state index is 0.729. The van der Waals surface area contributed by atoms with Crippen LogP contribution in [-0.2, 0) is 13.1 Å². The largest absolute Gasteiger partial charge is 0.337 e. The smallest absolute Gasteiger partial charge is 0.190 e. The highest BCUT2D eigenvalue weighted by Crippen LogP contribution is 2.25. The van der Waals surface area contributed by atoms with Crippen LogP contribution in [0.25, 0.3) is 11.3 Å². The molecular weight excluding hydrogens is 423 g/mol. The zero-order valence-electron chi connectivity index (χ0n) is 15.9. The molecular formula is C22H20Cl2N4S. The van der Waals surface area contributed by atoms with Crippen molar-refractivity contribution in [3.8, 4) is 11.3 Å². The lowest BCUT2D eigenvalue weighted by Gasteiger charge is -2.10. The van der Waals surface area contributed by atoms with Gasteiger partial charge in [-0.1, -0.05) is 41.4 Å². The van der Waals surface area contributed by atoms with Gasteiger partial charge in [0, 0.05) is 40.9 Å². The van der Waals surface area contributed by atoms with Gasteiger partial charge in [-0.2, -0.15) is 0 Å². The maximum atomic E-state index is 6.29. The monoisotopic (exact) mass is 442 g/mol. The minimum Gasteiger partial charge on any atom is -0.337 e. The number of rotatable bonds is 6. The molecule has 0 N–H and O–H groups in total. The molecule has 0 aliphatic rings. The Kier molecular flexibility index (Phi) is 6.19. The molecule has 2 heterocycles. The third-order valence-electron chi connectivity index (χ3n) is 4.68. The molecule has 0 aliphatic carbocycles. The summed E-state index contributed by atoms with van der Waals surface area (Å²) in [6.07, 6.45) is 6.60. The second kappa shape index (κ2) is 8.99. The van der Waals surface area contributed by atoms with Gasteiger partial charge in [0.15, 0.2) is 4.80 Å². The molecule has 4 rings (SSSR count). The van der Waals surface area contributed by atoms with Gasteiger partial charge in [-0.05, 0) is 48.7 Å². The van der Waals surface area contributed by atoms with Crippen molar-refractivity contribution in [2.45, 2.75) is 26.4 Å². The van der Waals surface area contributed by atoms with Gasteiger partial charge in [-0.3, -0.25) is 0 Å². The quantitative estimate of drug-likeness (QED) is 0.342. The van der Waals surface area contributed by atoms with Crippen molar-refractivity contribution in [3.05, 3.63) is 87.0 Å². The predicted molar refractivity (Wildman–Crippen MR) is 121 cm³/mol. The van der Waals surface area contributed by atoms with E-state index in [9.17, 15) is 0 Å². The molecule has 148 valence electrons. The normalized spacial score (nSPS) is 11.9. The zero-order valence-corrected chi connectivity index (χ0v) is 18.3. The summed E-state index contributed by atoms with van der Waals surface area (Å²) in [6.45, 7) is 3.74. The van der Waals surface area contributed by atoms with Crippen LogP contribution in [0.15, 0.2) is 71.6 Å². The molecule has 0 radical (unpaired) electrons. The molecule has 29 heavy (non-hydrogen) atoms. The van der Waals surface area contributed by atoms with Crippen molar-refractivity contribution in [2.75, 3.05) is 0 Å². The van der Waals surface area contributed by atoms with Crippen LogP contribution in [0, 0.1) is 6.92 Å². The Morgan fingerprint density at radius 3 is 2.62 bits per heavy atom. The van der Waals surface area contributed by atoms with E-state index in [1.165, 1.54) is 0 Å². The summed E-state index contributed by atoms with van der Waals surface area (Å²) in [5.41, 5.74) is 4.16. The minimum absolute atomic E-state index is 0.729. The van der Waals surface area contributed by atoms with E-state index in [4.69, 9.17) is 28.2 Å². The van der Waals surface area contributed by atoms with E-state index < -0.39 is 0 Å². The maximum absolute atomic E-state index is 6.29. The molecule has 2 aromatic heterocycles. The highest BCUT2D eigenvalue weighted by Gasteiger charge is 2.09. The number of halogens is 2. The maximum Gasteiger partial charge on any atom is 0.190 e. The lowest BCUT2D eigenvalue weighted by atomic mass is 10.2. The fourth-order valence-electron chi connectivity index (χ4n) is 3.08. The highest BCUT2D eigenvalue weighted by atomic mass is 35.5. The predicted octanol–water partition coefficient (Wildman–Crippen LogP) is 6.35. The molecule has 7 heteroatoms. The molecule has 0 atom stereocenters. The van der Waals surface area contributed by atoms with Gasteiger partial charge in [0.05, 0.1) is 17.7 Å². The molecule has 0 unspecified atom stereocenters. The van der Waals surface area contributed by atoms with Crippen molar-refractivity contribution < 1.29 is 0 Å². The van der Waals surface area contributed by atoms with E-state index in [2.05, 4.69) is 19.5 Å². The lowest BCUT2D eigenvalue weighted by Crippen LogP contribution is -2.17. The van der Waals surface area contributed by atoms with Gasteiger partial charge in [-0.15, -0.1) is 11.3 Å². The molecule has 0 spiro atoms. The Morgan fingerprint density at radius 2 is 1.90 bits per heavy atom. The first-order chi connectivity index (χ1) is 14.1. The standard InChI is InChI=1S/C22H20Cl2N4S/c1-16-3-8-19(13-20(16)24)26-22-28(11-2-10-27-12-9-25-15-27)21(14-29-22)17-4-6-18(23)7-5-17/h3-9,12-15H,2,10-11H2,1H3. The van der Waals surface area contributed by atoms with Crippen LogP contribution < -0.4 is 4.80 Å². The number of imidazole rings is 1. The van der Waals surface area contributed by atoms with Crippen LogP contribution in [0.3, 0.4) is 0 Å². The van der Waals surface area contributed by atoms with Gasteiger partial charge in [0.2, 0.25) is 0 Å². The van der Waals surface area contributed by atoms with Crippen LogP contribution in [0.4, 0.5) is 5.69 Å². The molecule has 0 amide bonds. The molecule has 0 fully saturated rings. The van der Waals surface area contributed by atoms with Crippen molar-refractivity contribution in [1.29, 1.82) is 0 Å². The Bertz CT molecular complexity index is 1160. The van der Waals surface area contributed by atoms with Gasteiger partial charge in [-0.25, -0.2) is 9.98 Å². The molecule has 0 saturated heterocycles. The first-order valence-electron chi connectivity index (χ1n) is 9.31. The van der Waals surface area contributed by atoms with E-state index in [0.29, 0.717) is 0 Å². The fourth-order valence-corrected chi connectivity index (χ4v) is 4.33. The highest BCUT2D eigenvalue weighted by molar-refractivity contribution is 7.07. The molecule has 2 aromatic carbocycles. The molecule has 4 nitrogen and oxygen atoms in total. The number of aromatic nitrogens is 3. The van der Waals surface area contributed by atoms with Crippen LogP contribution in [0.1, 0.15) is 12.0 Å².